The van der Waals surface area contributed by atoms with Crippen LogP contribution in [0.25, 0.3) is 0 Å². The molecule has 1 unspecified atom stereocenters. The summed E-state index contributed by atoms with van der Waals surface area (Å²) in [6.07, 6.45) is -0.335. The molecule has 0 aliphatic heterocycles. The lowest BCUT2D eigenvalue weighted by Gasteiger charge is -2.16. The number of ether oxygens (including phenoxy) is 2. The van der Waals surface area contributed by atoms with Crippen LogP contribution in [-0.4, -0.2) is 38.0 Å². The molecule has 6 heteroatoms. The summed E-state index contributed by atoms with van der Waals surface area (Å²) in [4.78, 5) is 0. The number of nitrogens with one attached hydrogen (secondary N) is 2. The largest absolute Gasteiger partial charge is 0.493 e. The molecule has 0 radical (unpaired) electrons. The van der Waals surface area contributed by atoms with Crippen LogP contribution in [0.1, 0.15) is 18.1 Å². The van der Waals surface area contributed by atoms with E-state index in [0.717, 1.165) is 30.0 Å². The maximum Gasteiger partial charge on any atom is 0.166 e. The third-order valence-corrected chi connectivity index (χ3v) is 4.21. The molecule has 2 rings (SSSR count). The van der Waals surface area contributed by atoms with E-state index in [4.69, 9.17) is 21.1 Å². The number of aliphatic hydroxyl groups is 1. The fraction of sp³-hybridized carbons (Fsp3) is 0.400. The van der Waals surface area contributed by atoms with Crippen LogP contribution >= 0.6 is 11.6 Å². The average Bonchev–Trinajstić information content (AvgIpc) is 2.64. The van der Waals surface area contributed by atoms with Crippen LogP contribution in [0.4, 0.5) is 0 Å². The highest BCUT2D eigenvalue weighted by Crippen LogP contribution is 2.32. The number of benzene rings is 2. The van der Waals surface area contributed by atoms with E-state index < -0.39 is 0 Å². The lowest BCUT2D eigenvalue weighted by molar-refractivity contribution is 0.191. The second-order valence-corrected chi connectivity index (χ2v) is 6.47. The summed E-state index contributed by atoms with van der Waals surface area (Å²) in [7, 11) is 1.63. The molecule has 26 heavy (non-hydrogen) atoms. The molecule has 0 aliphatic carbocycles. The third-order valence-electron chi connectivity index (χ3n) is 3.84. The van der Waals surface area contributed by atoms with Crippen molar-refractivity contribution < 1.29 is 14.6 Å². The van der Waals surface area contributed by atoms with E-state index in [0.29, 0.717) is 30.5 Å². The molecule has 0 amide bonds. The third kappa shape index (κ3) is 6.50. The highest BCUT2D eigenvalue weighted by Gasteiger charge is 2.11. The summed E-state index contributed by atoms with van der Waals surface area (Å²) in [5.41, 5.74) is 1.95. The SMILES string of the molecule is COc1cccc(CNCCNCC(C)O)c1OCc1ccccc1Cl. The molecule has 142 valence electrons. The van der Waals surface area contributed by atoms with Crippen molar-refractivity contribution in [2.24, 2.45) is 0 Å². The average molecular weight is 379 g/mol. The fourth-order valence-corrected chi connectivity index (χ4v) is 2.69. The van der Waals surface area contributed by atoms with Gasteiger partial charge in [-0.05, 0) is 19.1 Å². The van der Waals surface area contributed by atoms with E-state index in [9.17, 15) is 5.11 Å². The summed E-state index contributed by atoms with van der Waals surface area (Å²) in [5.74, 6) is 1.42. The van der Waals surface area contributed by atoms with Crippen molar-refractivity contribution in [2.75, 3.05) is 26.7 Å². The zero-order chi connectivity index (χ0) is 18.8. The lowest BCUT2D eigenvalue weighted by Crippen LogP contribution is -2.31. The molecule has 0 fully saturated rings. The van der Waals surface area contributed by atoms with Gasteiger partial charge in [0.2, 0.25) is 0 Å². The van der Waals surface area contributed by atoms with Gasteiger partial charge in [0.25, 0.3) is 0 Å². The molecule has 0 bridgehead atoms. The highest BCUT2D eigenvalue weighted by molar-refractivity contribution is 6.31. The number of methoxy groups -OCH3 is 1. The molecular weight excluding hydrogens is 352 g/mol. The Labute approximate surface area is 160 Å². The topological polar surface area (TPSA) is 62.8 Å². The summed E-state index contributed by atoms with van der Waals surface area (Å²) in [6.45, 7) is 4.96. The predicted octanol–water partition coefficient (Wildman–Crippen LogP) is 2.99. The van der Waals surface area contributed by atoms with E-state index in [2.05, 4.69) is 10.6 Å². The number of hydrogen-bond acceptors (Lipinski definition) is 5. The maximum atomic E-state index is 9.23. The summed E-state index contributed by atoms with van der Waals surface area (Å²) in [6, 6.07) is 13.5. The zero-order valence-electron chi connectivity index (χ0n) is 15.3. The van der Waals surface area contributed by atoms with Crippen LogP contribution in [0, 0.1) is 0 Å². The molecule has 2 aromatic carbocycles. The van der Waals surface area contributed by atoms with E-state index in [1.807, 2.05) is 42.5 Å². The van der Waals surface area contributed by atoms with Gasteiger partial charge >= 0.3 is 0 Å². The van der Waals surface area contributed by atoms with Crippen LogP contribution < -0.4 is 20.1 Å². The van der Waals surface area contributed by atoms with Crippen molar-refractivity contribution in [3.8, 4) is 11.5 Å². The number of para-hydroxylation sites is 1. The summed E-state index contributed by atoms with van der Waals surface area (Å²) >= 11 is 6.21. The quantitative estimate of drug-likeness (QED) is 0.525. The molecule has 0 spiro atoms. The Bertz CT molecular complexity index is 680. The van der Waals surface area contributed by atoms with Crippen molar-refractivity contribution in [3.63, 3.8) is 0 Å². The van der Waals surface area contributed by atoms with E-state index >= 15 is 0 Å². The first-order chi connectivity index (χ1) is 12.6. The Kier molecular flexibility index (Phi) is 8.71. The molecule has 0 aliphatic rings. The van der Waals surface area contributed by atoms with E-state index in [1.54, 1.807) is 14.0 Å². The summed E-state index contributed by atoms with van der Waals surface area (Å²) < 4.78 is 11.5. The van der Waals surface area contributed by atoms with Gasteiger partial charge in [-0.3, -0.25) is 0 Å². The Morgan fingerprint density at radius 2 is 1.77 bits per heavy atom. The van der Waals surface area contributed by atoms with Crippen molar-refractivity contribution in [1.29, 1.82) is 0 Å². The number of aliphatic hydroxyl groups excluding tert-OH is 1. The van der Waals surface area contributed by atoms with Gasteiger partial charge in [-0.15, -0.1) is 0 Å². The Balaban J connectivity index is 1.95. The van der Waals surface area contributed by atoms with Gasteiger partial charge in [-0.25, -0.2) is 0 Å². The maximum absolute atomic E-state index is 9.23. The van der Waals surface area contributed by atoms with E-state index in [1.165, 1.54) is 0 Å². The predicted molar refractivity (Wildman–Crippen MR) is 105 cm³/mol. The van der Waals surface area contributed by atoms with Crippen molar-refractivity contribution >= 4 is 11.6 Å². The molecule has 1 atom stereocenters. The minimum atomic E-state index is -0.335. The smallest absolute Gasteiger partial charge is 0.166 e. The second-order valence-electron chi connectivity index (χ2n) is 6.06. The molecule has 0 saturated heterocycles. The molecule has 0 aromatic heterocycles. The number of hydrogen-bond donors (Lipinski definition) is 3. The van der Waals surface area contributed by atoms with Gasteiger partial charge in [-0.1, -0.05) is 41.9 Å². The monoisotopic (exact) mass is 378 g/mol. The molecular formula is C20H27ClN2O3. The minimum Gasteiger partial charge on any atom is -0.493 e. The van der Waals surface area contributed by atoms with Crippen LogP contribution in [0.15, 0.2) is 42.5 Å². The van der Waals surface area contributed by atoms with Crippen molar-refractivity contribution in [2.45, 2.75) is 26.2 Å². The minimum absolute atomic E-state index is 0.335. The van der Waals surface area contributed by atoms with Crippen LogP contribution in [0.5, 0.6) is 11.5 Å². The van der Waals surface area contributed by atoms with Crippen molar-refractivity contribution in [3.05, 3.63) is 58.6 Å². The Hall–Kier alpha value is -1.79. The van der Waals surface area contributed by atoms with Crippen LogP contribution in [0.2, 0.25) is 5.02 Å². The second kappa shape index (κ2) is 11.0. The van der Waals surface area contributed by atoms with E-state index in [-0.39, 0.29) is 6.10 Å². The molecule has 0 saturated carbocycles. The molecule has 2 aromatic rings. The zero-order valence-corrected chi connectivity index (χ0v) is 16.1. The Morgan fingerprint density at radius 1 is 1.04 bits per heavy atom. The first-order valence-electron chi connectivity index (χ1n) is 8.73. The lowest BCUT2D eigenvalue weighted by atomic mass is 10.1. The normalized spacial score (nSPS) is 12.0. The van der Waals surface area contributed by atoms with Gasteiger partial charge in [-0.2, -0.15) is 0 Å². The fourth-order valence-electron chi connectivity index (χ4n) is 2.50. The van der Waals surface area contributed by atoms with Gasteiger partial charge < -0.3 is 25.2 Å². The molecule has 3 N–H and O–H groups in total. The van der Waals surface area contributed by atoms with Crippen LogP contribution in [-0.2, 0) is 13.2 Å². The van der Waals surface area contributed by atoms with Gasteiger partial charge in [0.1, 0.15) is 6.61 Å². The van der Waals surface area contributed by atoms with Gasteiger partial charge in [0.05, 0.1) is 13.2 Å². The molecule has 5 nitrogen and oxygen atoms in total. The van der Waals surface area contributed by atoms with Crippen LogP contribution in [0.3, 0.4) is 0 Å². The first kappa shape index (κ1) is 20.5. The number of rotatable bonds is 11. The Morgan fingerprint density at radius 3 is 2.50 bits per heavy atom. The summed E-state index contributed by atoms with van der Waals surface area (Å²) in [5, 5.41) is 16.5. The van der Waals surface area contributed by atoms with Crippen molar-refractivity contribution in [1.82, 2.24) is 10.6 Å². The van der Waals surface area contributed by atoms with Gasteiger partial charge in [0.15, 0.2) is 11.5 Å². The molecule has 0 heterocycles. The standard InChI is InChI=1S/C20H27ClN2O3/c1-15(24)12-22-10-11-23-13-16-7-5-9-19(25-2)20(16)26-14-17-6-3-4-8-18(17)21/h3-9,15,22-24H,10-14H2,1-2H3. The highest BCUT2D eigenvalue weighted by atomic mass is 35.5. The number of halogens is 1. The van der Waals surface area contributed by atoms with Gasteiger partial charge in [0, 0.05) is 42.3 Å². The first-order valence-corrected chi connectivity index (χ1v) is 9.11.